The number of ether oxygens (including phenoxy) is 6. The molecule has 1 aromatic carbocycles. The van der Waals surface area contributed by atoms with Gasteiger partial charge in [-0.2, -0.15) is 5.10 Å². The van der Waals surface area contributed by atoms with Gasteiger partial charge < -0.3 is 49.6 Å². The van der Waals surface area contributed by atoms with E-state index in [9.17, 15) is 19.5 Å². The average molecular weight is 836 g/mol. The molecular weight excluding hydrogens is 775 g/mol. The van der Waals surface area contributed by atoms with Crippen molar-refractivity contribution in [3.05, 3.63) is 30.6 Å². The van der Waals surface area contributed by atoms with Gasteiger partial charge in [-0.3, -0.25) is 14.4 Å². The van der Waals surface area contributed by atoms with E-state index >= 15 is 0 Å². The second-order valence-electron chi connectivity index (χ2n) is 14.1. The number of nitrogen functional groups attached to an aromatic ring is 1. The molecule has 0 saturated heterocycles. The molecular formula is C43H61N7O10. The Morgan fingerprint density at radius 3 is 2.10 bits per heavy atom. The molecule has 0 spiro atoms. The monoisotopic (exact) mass is 835 g/mol. The van der Waals surface area contributed by atoms with Crippen LogP contribution in [0.1, 0.15) is 70.6 Å². The van der Waals surface area contributed by atoms with Crippen LogP contribution >= 0.6 is 0 Å². The van der Waals surface area contributed by atoms with Crippen LogP contribution in [0.15, 0.2) is 30.6 Å². The molecule has 0 aliphatic rings. The summed E-state index contributed by atoms with van der Waals surface area (Å²) in [5, 5.41) is 19.0. The second-order valence-corrected chi connectivity index (χ2v) is 14.1. The highest BCUT2D eigenvalue weighted by Gasteiger charge is 2.19. The maximum absolute atomic E-state index is 12.4. The summed E-state index contributed by atoms with van der Waals surface area (Å²) >= 11 is 0. The average Bonchev–Trinajstić information content (AvgIpc) is 3.83. The Bertz CT molecular complexity index is 1920. The van der Waals surface area contributed by atoms with E-state index < -0.39 is 0 Å². The van der Waals surface area contributed by atoms with Crippen molar-refractivity contribution in [3.8, 4) is 29.5 Å². The van der Waals surface area contributed by atoms with Crippen molar-refractivity contribution in [1.82, 2.24) is 30.0 Å². The van der Waals surface area contributed by atoms with Crippen LogP contribution in [0.25, 0.3) is 33.3 Å². The summed E-state index contributed by atoms with van der Waals surface area (Å²) in [6, 6.07) is 7.04. The summed E-state index contributed by atoms with van der Waals surface area (Å²) in [6.07, 6.45) is 13.3. The number of phenolic OH excluding ortho intramolecular Hbond substituents is 1. The van der Waals surface area contributed by atoms with Crippen LogP contribution in [0.3, 0.4) is 0 Å². The fourth-order valence-electron chi connectivity index (χ4n) is 6.18. The van der Waals surface area contributed by atoms with Crippen LogP contribution in [-0.4, -0.2) is 133 Å². The van der Waals surface area contributed by atoms with E-state index in [2.05, 4.69) is 26.2 Å². The number of ketones is 2. The van der Waals surface area contributed by atoms with E-state index in [0.717, 1.165) is 42.3 Å². The fraction of sp³-hybridized carbons (Fsp3) is 0.581. The van der Waals surface area contributed by atoms with Gasteiger partial charge in [0, 0.05) is 69.1 Å². The van der Waals surface area contributed by atoms with E-state index in [4.69, 9.17) is 45.7 Å². The molecule has 3 heterocycles. The number of carbonyl (C=O) groups is 3. The lowest BCUT2D eigenvalue weighted by atomic mass is 10.1. The zero-order valence-electron chi connectivity index (χ0n) is 34.6. The van der Waals surface area contributed by atoms with Gasteiger partial charge >= 0.3 is 0 Å². The van der Waals surface area contributed by atoms with Gasteiger partial charge in [-0.1, -0.05) is 6.42 Å². The van der Waals surface area contributed by atoms with Crippen molar-refractivity contribution in [2.45, 2.75) is 77.2 Å². The number of amides is 1. The molecule has 328 valence electrons. The van der Waals surface area contributed by atoms with Crippen molar-refractivity contribution in [3.63, 3.8) is 0 Å². The Labute approximate surface area is 351 Å². The van der Waals surface area contributed by atoms with E-state index in [0.29, 0.717) is 153 Å². The lowest BCUT2D eigenvalue weighted by Crippen LogP contribution is -2.28. The van der Waals surface area contributed by atoms with Crippen LogP contribution in [0.5, 0.6) is 5.75 Å². The molecule has 17 nitrogen and oxygen atoms in total. The zero-order valence-corrected chi connectivity index (χ0v) is 34.6. The number of nitrogens with one attached hydrogen (secondary N) is 2. The van der Waals surface area contributed by atoms with E-state index in [1.54, 1.807) is 12.1 Å². The zero-order chi connectivity index (χ0) is 42.6. The largest absolute Gasteiger partial charge is 0.508 e. The van der Waals surface area contributed by atoms with Gasteiger partial charge in [0.1, 0.15) is 35.2 Å². The summed E-state index contributed by atoms with van der Waals surface area (Å²) < 4.78 is 34.7. The maximum atomic E-state index is 12.4. The summed E-state index contributed by atoms with van der Waals surface area (Å²) in [7, 11) is 0. The molecule has 0 atom stereocenters. The number of hydrogen-bond acceptors (Lipinski definition) is 14. The minimum absolute atomic E-state index is 0.114. The first kappa shape index (κ1) is 47.7. The van der Waals surface area contributed by atoms with Crippen LogP contribution < -0.4 is 11.1 Å². The minimum atomic E-state index is -0.114. The van der Waals surface area contributed by atoms with Crippen LogP contribution in [0.4, 0.5) is 5.82 Å². The molecule has 5 N–H and O–H groups in total. The predicted octanol–water partition coefficient (Wildman–Crippen LogP) is 4.54. The molecule has 4 rings (SSSR count). The van der Waals surface area contributed by atoms with Gasteiger partial charge in [0.05, 0.1) is 83.8 Å². The molecule has 0 aliphatic heterocycles. The van der Waals surface area contributed by atoms with Gasteiger partial charge in [0.2, 0.25) is 5.91 Å². The van der Waals surface area contributed by atoms with E-state index in [1.807, 2.05) is 16.8 Å². The molecule has 4 aromatic rings. The number of nitrogens with two attached hydrogens (primary N) is 1. The Morgan fingerprint density at radius 2 is 1.37 bits per heavy atom. The molecule has 0 unspecified atom stereocenters. The number of nitrogens with zero attached hydrogens (tertiary/aromatic N) is 4. The number of aryl methyl sites for hydroxylation is 1. The highest BCUT2D eigenvalue weighted by Crippen LogP contribution is 2.32. The number of aromatic hydroxyl groups is 1. The normalized spacial score (nSPS) is 11.4. The fourth-order valence-corrected chi connectivity index (χ4v) is 6.18. The molecule has 0 fully saturated rings. The highest BCUT2D eigenvalue weighted by molar-refractivity contribution is 6.00. The first-order valence-corrected chi connectivity index (χ1v) is 20.8. The quantitative estimate of drug-likeness (QED) is 0.0369. The van der Waals surface area contributed by atoms with Crippen LogP contribution in [0, 0.1) is 12.3 Å². The SMILES string of the molecule is C#CCCCC(=O)CCCOCCOCCOCCC(=O)NCCOCCOCCOCCC(=O)CCCCCn1nc(-c2cc3cc(O)ccc3[nH]2)c2c(N)ncnc21. The molecule has 0 radical (unpaired) electrons. The summed E-state index contributed by atoms with van der Waals surface area (Å²) in [5.74, 6) is 3.33. The number of phenols is 1. The molecule has 1 amide bonds. The predicted molar refractivity (Wildman–Crippen MR) is 226 cm³/mol. The molecule has 60 heavy (non-hydrogen) atoms. The standard InChI is InChI=1S/C43H61N7O10/c1-2-3-5-9-34(51)11-8-18-55-22-26-59-28-24-57-20-15-39(54)45-16-21-58-25-29-60-27-23-56-19-14-35(52)10-6-4-7-17-50-43-40(42(44)46-32-47-43)41(49-50)38-31-33-30-36(53)12-13-37(33)48-38/h1,12-13,30-32,48,53H,3-11,14-29H2,(H,45,54)(H2,44,46,47). The van der Waals surface area contributed by atoms with Crippen LogP contribution in [0.2, 0.25) is 0 Å². The first-order valence-electron chi connectivity index (χ1n) is 20.8. The number of terminal acetylenes is 1. The molecule has 0 aliphatic carbocycles. The van der Waals surface area contributed by atoms with Gasteiger partial charge in [0.25, 0.3) is 0 Å². The summed E-state index contributed by atoms with van der Waals surface area (Å²) in [5.41, 5.74) is 9.17. The topological polar surface area (TPSA) is 224 Å². The Hall–Kier alpha value is -4.96. The number of fused-ring (bicyclic) bond motifs is 2. The molecule has 17 heteroatoms. The van der Waals surface area contributed by atoms with E-state index in [1.165, 1.54) is 6.33 Å². The number of anilines is 1. The van der Waals surface area contributed by atoms with Crippen molar-refractivity contribution >= 4 is 45.2 Å². The van der Waals surface area contributed by atoms with Gasteiger partial charge in [0.15, 0.2) is 5.65 Å². The number of rotatable bonds is 35. The van der Waals surface area contributed by atoms with Gasteiger partial charge in [-0.25, -0.2) is 14.6 Å². The van der Waals surface area contributed by atoms with Crippen molar-refractivity contribution in [2.24, 2.45) is 0 Å². The summed E-state index contributed by atoms with van der Waals surface area (Å²) in [6.45, 7) is 5.84. The van der Waals surface area contributed by atoms with Gasteiger partial charge in [-0.15, -0.1) is 12.3 Å². The number of aromatic nitrogens is 5. The Balaban J connectivity index is 0.893. The number of aromatic amines is 1. The maximum Gasteiger partial charge on any atom is 0.222 e. The van der Waals surface area contributed by atoms with Gasteiger partial charge in [-0.05, 0) is 49.9 Å². The third kappa shape index (κ3) is 18.1. The minimum Gasteiger partial charge on any atom is -0.508 e. The first-order chi connectivity index (χ1) is 29.4. The molecule has 3 aromatic heterocycles. The Morgan fingerprint density at radius 1 is 0.733 bits per heavy atom. The van der Waals surface area contributed by atoms with Crippen LogP contribution in [-0.2, 0) is 49.3 Å². The number of hydrogen-bond donors (Lipinski definition) is 4. The van der Waals surface area contributed by atoms with Crippen molar-refractivity contribution in [1.29, 1.82) is 0 Å². The number of benzene rings is 1. The molecule has 0 bridgehead atoms. The summed E-state index contributed by atoms with van der Waals surface area (Å²) in [4.78, 5) is 47.9. The highest BCUT2D eigenvalue weighted by atomic mass is 16.5. The third-order valence-electron chi connectivity index (χ3n) is 9.32. The second kappa shape index (κ2) is 28.5. The lowest BCUT2D eigenvalue weighted by molar-refractivity contribution is -0.123. The van der Waals surface area contributed by atoms with Crippen molar-refractivity contribution < 1.29 is 47.9 Å². The number of unbranched alkanes of at least 4 members (excludes halogenated alkanes) is 3. The van der Waals surface area contributed by atoms with E-state index in [-0.39, 0.29) is 29.6 Å². The Kier molecular flexibility index (Phi) is 22.7. The molecule has 0 saturated carbocycles. The third-order valence-corrected chi connectivity index (χ3v) is 9.32. The lowest BCUT2D eigenvalue weighted by Gasteiger charge is -2.09. The number of H-pyrrole nitrogens is 1. The smallest absolute Gasteiger partial charge is 0.222 e. The van der Waals surface area contributed by atoms with Crippen molar-refractivity contribution in [2.75, 3.05) is 91.6 Å². The number of Topliss-reactive ketones (excluding diaryl/α,β-unsaturated/α-hetero) is 2. The number of carbonyl (C=O) groups excluding carboxylic acids is 3.